The largest absolute Gasteiger partial charge is 0.464 e. The van der Waals surface area contributed by atoms with Gasteiger partial charge in [-0.05, 0) is 19.1 Å². The summed E-state index contributed by atoms with van der Waals surface area (Å²) in [5.41, 5.74) is 0.514. The normalized spacial score (nSPS) is 11.7. The predicted molar refractivity (Wildman–Crippen MR) is 68.1 cm³/mol. The predicted octanol–water partition coefficient (Wildman–Crippen LogP) is 1.63. The molecule has 2 aromatic rings. The number of nitrogens with zero attached hydrogens (tertiary/aromatic N) is 1. The molecule has 0 aliphatic rings. The van der Waals surface area contributed by atoms with E-state index in [1.165, 1.54) is 20.1 Å². The van der Waals surface area contributed by atoms with Crippen LogP contribution >= 0.6 is 0 Å². The third kappa shape index (κ3) is 1.88. The van der Waals surface area contributed by atoms with Crippen LogP contribution in [-0.4, -0.2) is 31.2 Å². The summed E-state index contributed by atoms with van der Waals surface area (Å²) in [5.74, 6) is -0.751. The molecule has 2 rings (SSSR count). The van der Waals surface area contributed by atoms with E-state index in [1.807, 2.05) is 0 Å². The molecule has 0 saturated carbocycles. The monoisotopic (exact) mass is 267 g/mol. The van der Waals surface area contributed by atoms with Gasteiger partial charge in [0.2, 0.25) is 10.0 Å². The summed E-state index contributed by atoms with van der Waals surface area (Å²) in [6.45, 7) is 1.53. The van der Waals surface area contributed by atoms with Gasteiger partial charge in [0.05, 0.1) is 18.4 Å². The van der Waals surface area contributed by atoms with Crippen molar-refractivity contribution in [2.75, 3.05) is 12.9 Å². The molecule has 0 bridgehead atoms. The Morgan fingerprint density at radius 3 is 2.61 bits per heavy atom. The number of carbonyl (C=O) groups is 1. The molecule has 1 aromatic heterocycles. The lowest BCUT2D eigenvalue weighted by Gasteiger charge is -2.08. The average Bonchev–Trinajstić information content (AvgIpc) is 2.77. The van der Waals surface area contributed by atoms with Crippen molar-refractivity contribution in [2.24, 2.45) is 0 Å². The molecular weight excluding hydrogens is 254 g/mol. The molecule has 0 saturated heterocycles. The third-order valence-corrected chi connectivity index (χ3v) is 4.38. The van der Waals surface area contributed by atoms with Crippen molar-refractivity contribution in [1.29, 1.82) is 0 Å². The number of benzene rings is 1. The van der Waals surface area contributed by atoms with Gasteiger partial charge in [-0.15, -0.1) is 0 Å². The van der Waals surface area contributed by atoms with Crippen LogP contribution in [0, 0.1) is 0 Å². The Morgan fingerprint density at radius 1 is 1.33 bits per heavy atom. The summed E-state index contributed by atoms with van der Waals surface area (Å²) in [6.07, 6.45) is 0. The van der Waals surface area contributed by atoms with E-state index in [0.29, 0.717) is 10.9 Å². The average molecular weight is 267 g/mol. The zero-order valence-corrected chi connectivity index (χ0v) is 10.9. The summed E-state index contributed by atoms with van der Waals surface area (Å²) in [5, 5.41) is 0.690. The summed E-state index contributed by atoms with van der Waals surface area (Å²) < 4.78 is 29.8. The third-order valence-electron chi connectivity index (χ3n) is 2.70. The van der Waals surface area contributed by atoms with Crippen molar-refractivity contribution in [2.45, 2.75) is 6.92 Å². The van der Waals surface area contributed by atoms with Crippen LogP contribution in [0.5, 0.6) is 0 Å². The number of para-hydroxylation sites is 1. The Bertz CT molecular complexity index is 700. The lowest BCUT2D eigenvalue weighted by molar-refractivity contribution is 0.0593. The maximum absolute atomic E-state index is 12.1. The summed E-state index contributed by atoms with van der Waals surface area (Å²) in [6, 6.07) is 8.45. The maximum Gasteiger partial charge on any atom is 0.355 e. The molecule has 0 spiro atoms. The molecular formula is C12H13NO4S. The van der Waals surface area contributed by atoms with Gasteiger partial charge in [0.15, 0.2) is 0 Å². The van der Waals surface area contributed by atoms with E-state index in [4.69, 9.17) is 0 Å². The standard InChI is InChI=1S/C12H13NO4S/c1-3-18(15,16)13-10-7-5-4-6-9(10)8-11(13)12(14)17-2/h4-8H,3H2,1-2H3. The highest BCUT2D eigenvalue weighted by Gasteiger charge is 2.23. The first-order chi connectivity index (χ1) is 8.51. The van der Waals surface area contributed by atoms with Gasteiger partial charge in [-0.3, -0.25) is 0 Å². The topological polar surface area (TPSA) is 65.4 Å². The Morgan fingerprint density at radius 2 is 2.00 bits per heavy atom. The number of aromatic nitrogens is 1. The van der Waals surface area contributed by atoms with Crippen molar-refractivity contribution in [3.63, 3.8) is 0 Å². The molecule has 96 valence electrons. The first kappa shape index (κ1) is 12.6. The van der Waals surface area contributed by atoms with Crippen molar-refractivity contribution in [3.05, 3.63) is 36.0 Å². The van der Waals surface area contributed by atoms with Gasteiger partial charge in [0.1, 0.15) is 5.69 Å². The second-order valence-corrected chi connectivity index (χ2v) is 5.85. The van der Waals surface area contributed by atoms with Crippen LogP contribution < -0.4 is 0 Å². The van der Waals surface area contributed by atoms with Crippen LogP contribution in [0.2, 0.25) is 0 Å². The SMILES string of the molecule is CCS(=O)(=O)n1c(C(=O)OC)cc2ccccc21. The number of esters is 1. The van der Waals surface area contributed by atoms with Gasteiger partial charge in [-0.1, -0.05) is 18.2 Å². The number of hydrogen-bond acceptors (Lipinski definition) is 4. The fourth-order valence-electron chi connectivity index (χ4n) is 1.81. The Hall–Kier alpha value is -1.82. The van der Waals surface area contributed by atoms with Gasteiger partial charge in [-0.2, -0.15) is 0 Å². The highest BCUT2D eigenvalue weighted by Crippen LogP contribution is 2.22. The first-order valence-corrected chi connectivity index (χ1v) is 7.04. The number of fused-ring (bicyclic) bond motifs is 1. The minimum Gasteiger partial charge on any atom is -0.464 e. The highest BCUT2D eigenvalue weighted by molar-refractivity contribution is 7.90. The van der Waals surface area contributed by atoms with Gasteiger partial charge >= 0.3 is 5.97 Å². The molecule has 0 fully saturated rings. The van der Waals surface area contributed by atoms with Gasteiger partial charge in [-0.25, -0.2) is 17.2 Å². The van der Waals surface area contributed by atoms with E-state index in [1.54, 1.807) is 24.3 Å². The van der Waals surface area contributed by atoms with Crippen LogP contribution in [0.25, 0.3) is 10.9 Å². The van der Waals surface area contributed by atoms with E-state index in [0.717, 1.165) is 3.97 Å². The second kappa shape index (κ2) is 4.45. The lowest BCUT2D eigenvalue weighted by atomic mass is 10.2. The Labute approximate surface area is 105 Å². The maximum atomic E-state index is 12.1. The van der Waals surface area contributed by atoms with E-state index < -0.39 is 16.0 Å². The van der Waals surface area contributed by atoms with Crippen molar-refractivity contribution in [1.82, 2.24) is 3.97 Å². The number of methoxy groups -OCH3 is 1. The van der Waals surface area contributed by atoms with Crippen LogP contribution in [0.3, 0.4) is 0 Å². The molecule has 0 unspecified atom stereocenters. The molecule has 0 amide bonds. The van der Waals surface area contributed by atoms with Crippen molar-refractivity contribution in [3.8, 4) is 0 Å². The van der Waals surface area contributed by atoms with Crippen LogP contribution in [-0.2, 0) is 14.8 Å². The molecule has 0 aliphatic carbocycles. The number of hydrogen-bond donors (Lipinski definition) is 0. The van der Waals surface area contributed by atoms with Gasteiger partial charge in [0.25, 0.3) is 0 Å². The molecule has 6 heteroatoms. The molecule has 1 aromatic carbocycles. The molecule has 0 N–H and O–H groups in total. The van der Waals surface area contributed by atoms with E-state index in [-0.39, 0.29) is 11.4 Å². The fraction of sp³-hybridized carbons (Fsp3) is 0.250. The summed E-state index contributed by atoms with van der Waals surface area (Å²) in [4.78, 5) is 11.7. The highest BCUT2D eigenvalue weighted by atomic mass is 32.2. The quantitative estimate of drug-likeness (QED) is 0.793. The number of rotatable bonds is 3. The van der Waals surface area contributed by atoms with Gasteiger partial charge in [0, 0.05) is 5.39 Å². The summed E-state index contributed by atoms with van der Waals surface area (Å²) in [7, 11) is -2.33. The molecule has 0 radical (unpaired) electrons. The number of carbonyl (C=O) groups excluding carboxylic acids is 1. The zero-order chi connectivity index (χ0) is 13.3. The Kier molecular flexibility index (Phi) is 3.13. The van der Waals surface area contributed by atoms with Crippen LogP contribution in [0.4, 0.5) is 0 Å². The first-order valence-electron chi connectivity index (χ1n) is 5.43. The van der Waals surface area contributed by atoms with Gasteiger partial charge < -0.3 is 4.74 Å². The Balaban J connectivity index is 2.86. The number of ether oxygens (including phenoxy) is 1. The molecule has 5 nitrogen and oxygen atoms in total. The smallest absolute Gasteiger partial charge is 0.355 e. The molecule has 1 heterocycles. The molecule has 0 atom stereocenters. The van der Waals surface area contributed by atoms with Crippen molar-refractivity contribution < 1.29 is 17.9 Å². The zero-order valence-electron chi connectivity index (χ0n) is 10.1. The van der Waals surface area contributed by atoms with E-state index >= 15 is 0 Å². The van der Waals surface area contributed by atoms with E-state index in [9.17, 15) is 13.2 Å². The van der Waals surface area contributed by atoms with E-state index in [2.05, 4.69) is 4.74 Å². The van der Waals surface area contributed by atoms with Crippen molar-refractivity contribution >= 4 is 26.9 Å². The summed E-state index contributed by atoms with van der Waals surface area (Å²) >= 11 is 0. The second-order valence-electron chi connectivity index (χ2n) is 3.74. The molecule has 0 aliphatic heterocycles. The molecule has 18 heavy (non-hydrogen) atoms. The minimum absolute atomic E-state index is 0.0283. The van der Waals surface area contributed by atoms with Crippen LogP contribution in [0.1, 0.15) is 17.4 Å². The lowest BCUT2D eigenvalue weighted by Crippen LogP contribution is -2.20. The minimum atomic E-state index is -3.55. The van der Waals surface area contributed by atoms with Crippen LogP contribution in [0.15, 0.2) is 30.3 Å². The fourth-order valence-corrected chi connectivity index (χ4v) is 2.96.